The van der Waals surface area contributed by atoms with Crippen molar-refractivity contribution in [2.24, 2.45) is 5.73 Å². The normalized spacial score (nSPS) is 11.8. The maximum Gasteiger partial charge on any atom is 0.0991 e. The van der Waals surface area contributed by atoms with Crippen LogP contribution in [-0.4, -0.2) is 24.3 Å². The first kappa shape index (κ1) is 11.5. The summed E-state index contributed by atoms with van der Waals surface area (Å²) in [5.41, 5.74) is 6.83. The van der Waals surface area contributed by atoms with E-state index in [4.69, 9.17) is 11.0 Å². The minimum Gasteiger partial charge on any atom is -0.391 e. The smallest absolute Gasteiger partial charge is 0.0991 e. The van der Waals surface area contributed by atoms with Gasteiger partial charge < -0.3 is 16.2 Å². The average molecular weight is 205 g/mol. The average Bonchev–Trinajstić information content (AvgIpc) is 2.27. The Morgan fingerprint density at radius 2 is 2.07 bits per heavy atom. The molecule has 1 unspecified atom stereocenters. The van der Waals surface area contributed by atoms with Crippen LogP contribution in [0.5, 0.6) is 0 Å². The zero-order valence-electron chi connectivity index (χ0n) is 8.48. The van der Waals surface area contributed by atoms with Crippen molar-refractivity contribution < 1.29 is 5.11 Å². The van der Waals surface area contributed by atoms with Crippen molar-refractivity contribution in [1.29, 1.82) is 5.26 Å². The van der Waals surface area contributed by atoms with Crippen LogP contribution in [0.4, 0.5) is 5.69 Å². The number of nitrogens with zero attached hydrogens (tertiary/aromatic N) is 1. The Bertz CT molecular complexity index is 329. The fourth-order valence-corrected chi connectivity index (χ4v) is 1.19. The number of nitrogens with two attached hydrogens (primary N) is 1. The molecule has 1 aromatic rings. The number of nitriles is 1. The maximum atomic E-state index is 9.42. The van der Waals surface area contributed by atoms with Gasteiger partial charge in [0.1, 0.15) is 0 Å². The third-order valence-electron chi connectivity index (χ3n) is 2.06. The van der Waals surface area contributed by atoms with Crippen LogP contribution in [0.2, 0.25) is 0 Å². The molecule has 0 fully saturated rings. The Morgan fingerprint density at radius 1 is 1.40 bits per heavy atom. The quantitative estimate of drug-likeness (QED) is 0.660. The van der Waals surface area contributed by atoms with Gasteiger partial charge in [-0.2, -0.15) is 5.26 Å². The first-order chi connectivity index (χ1) is 7.26. The van der Waals surface area contributed by atoms with E-state index in [1.165, 1.54) is 0 Å². The lowest BCUT2D eigenvalue weighted by molar-refractivity contribution is 0.180. The molecule has 0 bridgehead atoms. The Morgan fingerprint density at radius 3 is 2.60 bits per heavy atom. The van der Waals surface area contributed by atoms with E-state index in [9.17, 15) is 5.11 Å². The second-order valence-electron chi connectivity index (χ2n) is 3.30. The van der Waals surface area contributed by atoms with Gasteiger partial charge in [-0.05, 0) is 37.2 Å². The predicted octanol–water partition coefficient (Wildman–Crippen LogP) is 0.680. The van der Waals surface area contributed by atoms with Gasteiger partial charge in [0.2, 0.25) is 0 Å². The molecule has 0 spiro atoms. The molecule has 80 valence electrons. The fourth-order valence-electron chi connectivity index (χ4n) is 1.19. The van der Waals surface area contributed by atoms with Crippen LogP contribution in [-0.2, 0) is 0 Å². The standard InChI is InChI=1S/C11H15N3O/c12-6-5-11(15)8-14-10-3-1-9(7-13)2-4-10/h1-4,11,14-15H,5-6,8,12H2. The maximum absolute atomic E-state index is 9.42. The largest absolute Gasteiger partial charge is 0.391 e. The number of anilines is 1. The molecule has 0 saturated carbocycles. The Labute approximate surface area is 89.3 Å². The molecule has 0 saturated heterocycles. The molecule has 0 radical (unpaired) electrons. The number of benzene rings is 1. The highest BCUT2D eigenvalue weighted by Crippen LogP contribution is 2.08. The Kier molecular flexibility index (Phi) is 4.61. The second-order valence-corrected chi connectivity index (χ2v) is 3.30. The van der Waals surface area contributed by atoms with Crippen LogP contribution in [0, 0.1) is 11.3 Å². The molecule has 0 aliphatic heterocycles. The van der Waals surface area contributed by atoms with E-state index in [0.717, 1.165) is 5.69 Å². The molecule has 1 aromatic carbocycles. The molecule has 4 N–H and O–H groups in total. The monoisotopic (exact) mass is 205 g/mol. The van der Waals surface area contributed by atoms with Crippen molar-refractivity contribution in [1.82, 2.24) is 0 Å². The summed E-state index contributed by atoms with van der Waals surface area (Å²) in [4.78, 5) is 0. The van der Waals surface area contributed by atoms with Gasteiger partial charge in [-0.1, -0.05) is 0 Å². The van der Waals surface area contributed by atoms with Gasteiger partial charge in [0.05, 0.1) is 17.7 Å². The van der Waals surface area contributed by atoms with E-state index in [2.05, 4.69) is 5.32 Å². The van der Waals surface area contributed by atoms with E-state index in [1.807, 2.05) is 18.2 Å². The summed E-state index contributed by atoms with van der Waals surface area (Å²) in [6.07, 6.45) is 0.161. The molecule has 1 rings (SSSR count). The molecule has 0 amide bonds. The van der Waals surface area contributed by atoms with E-state index in [1.54, 1.807) is 12.1 Å². The van der Waals surface area contributed by atoms with Gasteiger partial charge in [-0.25, -0.2) is 0 Å². The van der Waals surface area contributed by atoms with Gasteiger partial charge in [0.15, 0.2) is 0 Å². The van der Waals surface area contributed by atoms with Crippen LogP contribution in [0.15, 0.2) is 24.3 Å². The molecular weight excluding hydrogens is 190 g/mol. The minimum absolute atomic E-state index is 0.425. The summed E-state index contributed by atoms with van der Waals surface area (Å²) in [6, 6.07) is 9.14. The predicted molar refractivity (Wildman–Crippen MR) is 59.3 cm³/mol. The van der Waals surface area contributed by atoms with Crippen LogP contribution >= 0.6 is 0 Å². The van der Waals surface area contributed by atoms with Crippen molar-refractivity contribution in [3.63, 3.8) is 0 Å². The summed E-state index contributed by atoms with van der Waals surface area (Å²) < 4.78 is 0. The number of aliphatic hydroxyl groups excluding tert-OH is 1. The fraction of sp³-hybridized carbons (Fsp3) is 0.364. The highest BCUT2D eigenvalue weighted by molar-refractivity contribution is 5.47. The molecule has 0 aromatic heterocycles. The molecule has 15 heavy (non-hydrogen) atoms. The summed E-state index contributed by atoms with van der Waals surface area (Å²) in [7, 11) is 0. The van der Waals surface area contributed by atoms with E-state index in [0.29, 0.717) is 25.1 Å². The molecule has 4 heteroatoms. The molecular formula is C11H15N3O. The van der Waals surface area contributed by atoms with Crippen LogP contribution < -0.4 is 11.1 Å². The van der Waals surface area contributed by atoms with Crippen LogP contribution in [0.3, 0.4) is 0 Å². The molecule has 0 heterocycles. The zero-order valence-corrected chi connectivity index (χ0v) is 8.48. The van der Waals surface area contributed by atoms with E-state index < -0.39 is 6.10 Å². The third kappa shape index (κ3) is 3.98. The lowest BCUT2D eigenvalue weighted by Gasteiger charge is -2.11. The van der Waals surface area contributed by atoms with Gasteiger partial charge >= 0.3 is 0 Å². The minimum atomic E-state index is -0.425. The van der Waals surface area contributed by atoms with Crippen molar-refractivity contribution in [3.05, 3.63) is 29.8 Å². The van der Waals surface area contributed by atoms with Crippen LogP contribution in [0.1, 0.15) is 12.0 Å². The highest BCUT2D eigenvalue weighted by atomic mass is 16.3. The first-order valence-corrected chi connectivity index (χ1v) is 4.88. The number of rotatable bonds is 5. The molecule has 0 aliphatic carbocycles. The van der Waals surface area contributed by atoms with Gasteiger partial charge in [0, 0.05) is 12.2 Å². The summed E-state index contributed by atoms with van der Waals surface area (Å²) in [5.74, 6) is 0. The summed E-state index contributed by atoms with van der Waals surface area (Å²) in [6.45, 7) is 0.958. The molecule has 1 atom stereocenters. The lowest BCUT2D eigenvalue weighted by atomic mass is 10.2. The Balaban J connectivity index is 2.41. The van der Waals surface area contributed by atoms with Crippen molar-refractivity contribution in [2.75, 3.05) is 18.4 Å². The van der Waals surface area contributed by atoms with Gasteiger partial charge in [-0.3, -0.25) is 0 Å². The topological polar surface area (TPSA) is 82.1 Å². The Hall–Kier alpha value is -1.57. The van der Waals surface area contributed by atoms with Gasteiger partial charge in [0.25, 0.3) is 0 Å². The van der Waals surface area contributed by atoms with Crippen molar-refractivity contribution >= 4 is 5.69 Å². The van der Waals surface area contributed by atoms with E-state index in [-0.39, 0.29) is 0 Å². The second kappa shape index (κ2) is 6.02. The molecule has 4 nitrogen and oxygen atoms in total. The van der Waals surface area contributed by atoms with Gasteiger partial charge in [-0.15, -0.1) is 0 Å². The highest BCUT2D eigenvalue weighted by Gasteiger charge is 2.01. The summed E-state index contributed by atoms with van der Waals surface area (Å²) in [5, 5.41) is 21.1. The number of aliphatic hydroxyl groups is 1. The van der Waals surface area contributed by atoms with E-state index >= 15 is 0 Å². The number of hydrogen-bond acceptors (Lipinski definition) is 4. The van der Waals surface area contributed by atoms with Crippen LogP contribution in [0.25, 0.3) is 0 Å². The lowest BCUT2D eigenvalue weighted by Crippen LogP contribution is -2.22. The SMILES string of the molecule is N#Cc1ccc(NCC(O)CCN)cc1. The first-order valence-electron chi connectivity index (χ1n) is 4.88. The zero-order chi connectivity index (χ0) is 11.1. The van der Waals surface area contributed by atoms with Crippen molar-refractivity contribution in [3.8, 4) is 6.07 Å². The number of hydrogen-bond donors (Lipinski definition) is 3. The third-order valence-corrected chi connectivity index (χ3v) is 2.06. The van der Waals surface area contributed by atoms with Crippen molar-refractivity contribution in [2.45, 2.75) is 12.5 Å². The number of nitrogens with one attached hydrogen (secondary N) is 1. The summed E-state index contributed by atoms with van der Waals surface area (Å²) >= 11 is 0. The molecule has 0 aliphatic rings.